The largest absolute Gasteiger partial charge is 0.481 e. The molecule has 0 aromatic heterocycles. The first-order valence-corrected chi connectivity index (χ1v) is 8.79. The molecule has 26 heavy (non-hydrogen) atoms. The smallest absolute Gasteiger partial charge is 0.311 e. The summed E-state index contributed by atoms with van der Waals surface area (Å²) < 4.78 is 5.85. The van der Waals surface area contributed by atoms with Crippen molar-refractivity contribution in [2.24, 2.45) is 0 Å². The van der Waals surface area contributed by atoms with Crippen molar-refractivity contribution in [2.75, 3.05) is 0 Å². The first-order valence-electron chi connectivity index (χ1n) is 8.79. The van der Waals surface area contributed by atoms with E-state index in [9.17, 15) is 9.90 Å². The Balaban J connectivity index is 1.69. The molecule has 3 aromatic carbocycles. The van der Waals surface area contributed by atoms with Crippen molar-refractivity contribution < 1.29 is 14.6 Å². The Morgan fingerprint density at radius 3 is 1.88 bits per heavy atom. The molecular weight excluding hydrogens is 324 g/mol. The lowest BCUT2D eigenvalue weighted by Crippen LogP contribution is -2.14. The molecule has 0 aliphatic heterocycles. The highest BCUT2D eigenvalue weighted by Gasteiger charge is 2.20. The average molecular weight is 346 g/mol. The molecule has 1 atom stereocenters. The number of hydrogen-bond donors (Lipinski definition) is 1. The number of rotatable bonds is 7. The number of aliphatic carboxylic acids is 1. The van der Waals surface area contributed by atoms with Crippen molar-refractivity contribution in [3.8, 4) is 11.5 Å². The van der Waals surface area contributed by atoms with E-state index in [0.717, 1.165) is 29.0 Å². The Bertz CT molecular complexity index is 837. The maximum atomic E-state index is 11.6. The number of carboxylic acid groups (broad SMARTS) is 1. The van der Waals surface area contributed by atoms with Gasteiger partial charge in [0, 0.05) is 0 Å². The van der Waals surface area contributed by atoms with Crippen molar-refractivity contribution in [1.29, 1.82) is 0 Å². The zero-order valence-electron chi connectivity index (χ0n) is 14.8. The van der Waals surface area contributed by atoms with Crippen LogP contribution in [0.15, 0.2) is 78.9 Å². The lowest BCUT2D eigenvalue weighted by molar-refractivity contribution is -0.138. The predicted molar refractivity (Wildman–Crippen MR) is 103 cm³/mol. The summed E-state index contributed by atoms with van der Waals surface area (Å²) in [6, 6.07) is 25.0. The molecule has 3 aromatic rings. The maximum Gasteiger partial charge on any atom is 0.311 e. The topological polar surface area (TPSA) is 46.5 Å². The van der Waals surface area contributed by atoms with Gasteiger partial charge in [-0.25, -0.2) is 0 Å². The molecule has 1 N–H and O–H groups in total. The monoisotopic (exact) mass is 346 g/mol. The third-order valence-electron chi connectivity index (χ3n) is 4.43. The van der Waals surface area contributed by atoms with Crippen LogP contribution < -0.4 is 4.74 Å². The standard InChI is InChI=1S/C23H22O3/c1-2-17-8-12-20(13-9-17)26-21-14-10-18(11-15-21)16-22(23(24)25)19-6-4-3-5-7-19/h3-15,22H,2,16H2,1H3,(H,24,25). The van der Waals surface area contributed by atoms with Crippen LogP contribution in [0.1, 0.15) is 29.5 Å². The van der Waals surface area contributed by atoms with E-state index in [2.05, 4.69) is 19.1 Å². The summed E-state index contributed by atoms with van der Waals surface area (Å²) in [5.74, 6) is 0.171. The SMILES string of the molecule is CCc1ccc(Oc2ccc(CC(C(=O)O)c3ccccc3)cc2)cc1. The van der Waals surface area contributed by atoms with Gasteiger partial charge in [0.1, 0.15) is 11.5 Å². The molecule has 0 heterocycles. The fourth-order valence-electron chi connectivity index (χ4n) is 2.89. The highest BCUT2D eigenvalue weighted by Crippen LogP contribution is 2.25. The number of carboxylic acids is 1. The highest BCUT2D eigenvalue weighted by molar-refractivity contribution is 5.76. The van der Waals surface area contributed by atoms with E-state index in [1.807, 2.05) is 66.7 Å². The molecular formula is C23H22O3. The summed E-state index contributed by atoms with van der Waals surface area (Å²) in [5.41, 5.74) is 3.06. The van der Waals surface area contributed by atoms with Gasteiger partial charge < -0.3 is 9.84 Å². The van der Waals surface area contributed by atoms with Crippen LogP contribution in [0.3, 0.4) is 0 Å². The summed E-state index contributed by atoms with van der Waals surface area (Å²) in [7, 11) is 0. The minimum absolute atomic E-state index is 0.449. The number of carbonyl (C=O) groups is 1. The van der Waals surface area contributed by atoms with Gasteiger partial charge >= 0.3 is 5.97 Å². The summed E-state index contributed by atoms with van der Waals surface area (Å²) >= 11 is 0. The molecule has 3 rings (SSSR count). The fourth-order valence-corrected chi connectivity index (χ4v) is 2.89. The quantitative estimate of drug-likeness (QED) is 0.618. The minimum atomic E-state index is -0.812. The van der Waals surface area contributed by atoms with Crippen molar-refractivity contribution in [3.05, 3.63) is 95.6 Å². The van der Waals surface area contributed by atoms with Gasteiger partial charge in [-0.1, -0.05) is 61.5 Å². The molecule has 0 saturated heterocycles. The second kappa shape index (κ2) is 8.34. The summed E-state index contributed by atoms with van der Waals surface area (Å²) in [6.45, 7) is 2.12. The van der Waals surface area contributed by atoms with Gasteiger partial charge in [0.15, 0.2) is 0 Å². The van der Waals surface area contributed by atoms with Crippen molar-refractivity contribution in [2.45, 2.75) is 25.7 Å². The van der Waals surface area contributed by atoms with E-state index in [4.69, 9.17) is 4.74 Å². The molecule has 0 saturated carbocycles. The van der Waals surface area contributed by atoms with E-state index in [0.29, 0.717) is 6.42 Å². The summed E-state index contributed by atoms with van der Waals surface area (Å²) in [6.07, 6.45) is 1.45. The van der Waals surface area contributed by atoms with Crippen LogP contribution in [0.5, 0.6) is 11.5 Å². The zero-order chi connectivity index (χ0) is 18.4. The lowest BCUT2D eigenvalue weighted by Gasteiger charge is -2.13. The van der Waals surface area contributed by atoms with Gasteiger partial charge in [0.05, 0.1) is 5.92 Å². The highest BCUT2D eigenvalue weighted by atomic mass is 16.5. The molecule has 0 fully saturated rings. The molecule has 0 radical (unpaired) electrons. The van der Waals surface area contributed by atoms with Gasteiger partial charge in [0.2, 0.25) is 0 Å². The van der Waals surface area contributed by atoms with Crippen molar-refractivity contribution in [3.63, 3.8) is 0 Å². The Morgan fingerprint density at radius 1 is 0.846 bits per heavy atom. The second-order valence-corrected chi connectivity index (χ2v) is 6.25. The molecule has 0 aliphatic carbocycles. The Morgan fingerprint density at radius 2 is 1.38 bits per heavy atom. The van der Waals surface area contributed by atoms with Crippen LogP contribution >= 0.6 is 0 Å². The third kappa shape index (κ3) is 4.51. The molecule has 0 bridgehead atoms. The van der Waals surface area contributed by atoms with E-state index in [-0.39, 0.29) is 0 Å². The molecule has 132 valence electrons. The van der Waals surface area contributed by atoms with Crippen molar-refractivity contribution in [1.82, 2.24) is 0 Å². The molecule has 3 nitrogen and oxygen atoms in total. The first kappa shape index (κ1) is 17.7. The maximum absolute atomic E-state index is 11.6. The van der Waals surface area contributed by atoms with Crippen molar-refractivity contribution >= 4 is 5.97 Å². The van der Waals surface area contributed by atoms with E-state index >= 15 is 0 Å². The molecule has 0 spiro atoms. The summed E-state index contributed by atoms with van der Waals surface area (Å²) in [5, 5.41) is 9.56. The zero-order valence-corrected chi connectivity index (χ0v) is 14.8. The number of ether oxygens (including phenoxy) is 1. The lowest BCUT2D eigenvalue weighted by atomic mass is 9.92. The van der Waals surface area contributed by atoms with E-state index in [1.54, 1.807) is 0 Å². The Hall–Kier alpha value is -3.07. The normalized spacial score (nSPS) is 11.7. The van der Waals surface area contributed by atoms with Crippen LogP contribution in [-0.2, 0) is 17.6 Å². The van der Waals surface area contributed by atoms with Gasteiger partial charge in [0.25, 0.3) is 0 Å². The van der Waals surface area contributed by atoms with Gasteiger partial charge in [-0.3, -0.25) is 4.79 Å². The Labute approximate surface area is 153 Å². The molecule has 0 amide bonds. The van der Waals surface area contributed by atoms with Gasteiger partial charge in [-0.2, -0.15) is 0 Å². The number of hydrogen-bond acceptors (Lipinski definition) is 2. The van der Waals surface area contributed by atoms with Crippen LogP contribution in [-0.4, -0.2) is 11.1 Å². The van der Waals surface area contributed by atoms with Crippen LogP contribution in [0.2, 0.25) is 0 Å². The second-order valence-electron chi connectivity index (χ2n) is 6.25. The van der Waals surface area contributed by atoms with Crippen LogP contribution in [0.25, 0.3) is 0 Å². The minimum Gasteiger partial charge on any atom is -0.481 e. The predicted octanol–water partition coefficient (Wildman–Crippen LogP) is 5.45. The summed E-state index contributed by atoms with van der Waals surface area (Å²) in [4.78, 5) is 11.6. The number of aryl methyl sites for hydroxylation is 1. The van der Waals surface area contributed by atoms with Crippen LogP contribution in [0.4, 0.5) is 0 Å². The average Bonchev–Trinajstić information content (AvgIpc) is 2.68. The van der Waals surface area contributed by atoms with E-state index in [1.165, 1.54) is 5.56 Å². The molecule has 3 heteroatoms. The fraction of sp³-hybridized carbons (Fsp3) is 0.174. The Kier molecular flexibility index (Phi) is 5.69. The van der Waals surface area contributed by atoms with Gasteiger partial charge in [-0.05, 0) is 53.8 Å². The first-order chi connectivity index (χ1) is 12.7. The third-order valence-corrected chi connectivity index (χ3v) is 4.43. The van der Waals surface area contributed by atoms with E-state index < -0.39 is 11.9 Å². The molecule has 0 aliphatic rings. The van der Waals surface area contributed by atoms with Crippen LogP contribution in [0, 0.1) is 0 Å². The molecule has 1 unspecified atom stereocenters. The number of benzene rings is 3. The van der Waals surface area contributed by atoms with Gasteiger partial charge in [-0.15, -0.1) is 0 Å².